The number of hydrogen-bond acceptors (Lipinski definition) is 5. The normalized spacial score (nSPS) is 18.8. The molecule has 3 atom stereocenters. The van der Waals surface area contributed by atoms with E-state index >= 15 is 0 Å². The van der Waals surface area contributed by atoms with Gasteiger partial charge < -0.3 is 15.4 Å². The van der Waals surface area contributed by atoms with Gasteiger partial charge in [-0.1, -0.05) is 24.3 Å². The highest BCUT2D eigenvalue weighted by atomic mass is 19.2. The number of amides is 2. The molecule has 0 bridgehead atoms. The number of aryl methyl sites for hydroxylation is 1. The third-order valence-electron chi connectivity index (χ3n) is 6.98. The highest BCUT2D eigenvalue weighted by molar-refractivity contribution is 5.91. The summed E-state index contributed by atoms with van der Waals surface area (Å²) in [6.45, 7) is 2.43. The van der Waals surface area contributed by atoms with E-state index in [9.17, 15) is 13.6 Å². The number of benzene rings is 2. The van der Waals surface area contributed by atoms with Crippen LogP contribution in [0.1, 0.15) is 30.0 Å². The lowest BCUT2D eigenvalue weighted by molar-refractivity contribution is 0.184. The minimum absolute atomic E-state index is 0.0298. The average molecular weight is 536 g/mol. The van der Waals surface area contributed by atoms with Gasteiger partial charge in [0.2, 0.25) is 0 Å². The van der Waals surface area contributed by atoms with Gasteiger partial charge in [0.05, 0.1) is 24.0 Å². The van der Waals surface area contributed by atoms with Crippen LogP contribution in [0.25, 0.3) is 16.9 Å². The van der Waals surface area contributed by atoms with Crippen LogP contribution >= 0.6 is 0 Å². The number of aromatic nitrogens is 4. The lowest BCUT2D eigenvalue weighted by Crippen LogP contribution is -2.41. The van der Waals surface area contributed by atoms with Crippen LogP contribution in [-0.2, 0) is 11.8 Å². The van der Waals surface area contributed by atoms with E-state index in [4.69, 9.17) is 9.84 Å². The first kappa shape index (κ1) is 26.5. The second-order valence-corrected chi connectivity index (χ2v) is 9.71. The zero-order valence-electron chi connectivity index (χ0n) is 22.0. The summed E-state index contributed by atoms with van der Waals surface area (Å²) < 4.78 is 36.3. The standard InChI is InChI=1S/C28H31F2N7O2/c1-17-25(19-15-31-36(2)16-19)35-37(21-7-5-4-6-8-21)27(17)34-28(38)33-24-14-20(11-12-39-3)32-26(24)18-9-10-22(29)23(30)13-18/h4-10,13,15-16,20,24,26,32H,11-12,14H2,1-3H3,(H2,33,34,38)/t20-,24-,26?/m1/s1. The largest absolute Gasteiger partial charge is 0.385 e. The molecule has 0 aliphatic carbocycles. The van der Waals surface area contributed by atoms with Crippen LogP contribution in [0, 0.1) is 18.6 Å². The predicted octanol–water partition coefficient (Wildman–Crippen LogP) is 4.49. The second kappa shape index (κ2) is 11.3. The molecule has 0 saturated carbocycles. The lowest BCUT2D eigenvalue weighted by Gasteiger charge is -2.22. The molecule has 4 aromatic rings. The summed E-state index contributed by atoms with van der Waals surface area (Å²) in [4.78, 5) is 13.4. The van der Waals surface area contributed by atoms with E-state index in [1.54, 1.807) is 22.7 Å². The van der Waals surface area contributed by atoms with Crippen molar-refractivity contribution >= 4 is 11.8 Å². The zero-order valence-corrected chi connectivity index (χ0v) is 22.0. The molecule has 3 N–H and O–H groups in total. The molecular formula is C28H31F2N7O2. The number of ether oxygens (including phenoxy) is 1. The van der Waals surface area contributed by atoms with Gasteiger partial charge in [-0.25, -0.2) is 18.3 Å². The monoisotopic (exact) mass is 535 g/mol. The third kappa shape index (κ3) is 5.69. The Hall–Kier alpha value is -4.09. The Kier molecular flexibility index (Phi) is 7.71. The Morgan fingerprint density at radius 1 is 1.18 bits per heavy atom. The fourth-order valence-electron chi connectivity index (χ4n) is 5.05. The summed E-state index contributed by atoms with van der Waals surface area (Å²) in [5.74, 6) is -1.32. The molecule has 1 fully saturated rings. The van der Waals surface area contributed by atoms with Crippen molar-refractivity contribution in [2.75, 3.05) is 19.0 Å². The van der Waals surface area contributed by atoms with Gasteiger partial charge >= 0.3 is 6.03 Å². The van der Waals surface area contributed by atoms with Crippen LogP contribution in [0.15, 0.2) is 60.9 Å². The van der Waals surface area contributed by atoms with Crippen LogP contribution in [-0.4, -0.2) is 51.4 Å². The molecule has 1 aliphatic heterocycles. The number of anilines is 1. The Bertz CT molecular complexity index is 1450. The van der Waals surface area contributed by atoms with Crippen molar-refractivity contribution < 1.29 is 18.3 Å². The van der Waals surface area contributed by atoms with Crippen molar-refractivity contribution in [3.8, 4) is 16.9 Å². The lowest BCUT2D eigenvalue weighted by atomic mass is 9.99. The molecule has 5 rings (SSSR count). The van der Waals surface area contributed by atoms with Crippen molar-refractivity contribution in [1.29, 1.82) is 0 Å². The van der Waals surface area contributed by atoms with Crippen molar-refractivity contribution in [3.63, 3.8) is 0 Å². The highest BCUT2D eigenvalue weighted by Crippen LogP contribution is 2.32. The quantitative estimate of drug-likeness (QED) is 0.309. The summed E-state index contributed by atoms with van der Waals surface area (Å²) in [7, 11) is 3.46. The Morgan fingerprint density at radius 2 is 1.97 bits per heavy atom. The minimum Gasteiger partial charge on any atom is -0.385 e. The fourth-order valence-corrected chi connectivity index (χ4v) is 5.05. The van der Waals surface area contributed by atoms with Gasteiger partial charge in [0, 0.05) is 44.1 Å². The summed E-state index contributed by atoms with van der Waals surface area (Å²) >= 11 is 0. The molecule has 1 aliphatic rings. The fraction of sp³-hybridized carbons (Fsp3) is 0.321. The maximum atomic E-state index is 14.1. The number of carbonyl (C=O) groups is 1. The van der Waals surface area contributed by atoms with Gasteiger partial charge in [-0.15, -0.1) is 0 Å². The number of methoxy groups -OCH3 is 1. The van der Waals surface area contributed by atoms with Gasteiger partial charge in [-0.05, 0) is 49.6 Å². The topological polar surface area (TPSA) is 98.0 Å². The van der Waals surface area contributed by atoms with Crippen LogP contribution in [0.3, 0.4) is 0 Å². The Labute approximate surface area is 225 Å². The van der Waals surface area contributed by atoms with E-state index in [0.717, 1.165) is 22.9 Å². The number of hydrogen-bond donors (Lipinski definition) is 3. The van der Waals surface area contributed by atoms with Crippen LogP contribution in [0.2, 0.25) is 0 Å². The predicted molar refractivity (Wildman–Crippen MR) is 144 cm³/mol. The molecule has 1 unspecified atom stereocenters. The second-order valence-electron chi connectivity index (χ2n) is 9.71. The van der Waals surface area contributed by atoms with Gasteiger partial charge in [0.1, 0.15) is 11.5 Å². The first-order valence-electron chi connectivity index (χ1n) is 12.8. The number of rotatable bonds is 8. The van der Waals surface area contributed by atoms with Crippen LogP contribution in [0.4, 0.5) is 19.4 Å². The summed E-state index contributed by atoms with van der Waals surface area (Å²) in [6, 6.07) is 12.2. The number of para-hydroxylation sites is 1. The van der Waals surface area contributed by atoms with Crippen LogP contribution < -0.4 is 16.0 Å². The summed E-state index contributed by atoms with van der Waals surface area (Å²) in [5.41, 5.74) is 3.65. The molecule has 11 heteroatoms. The van der Waals surface area contributed by atoms with E-state index in [1.807, 2.05) is 50.5 Å². The Balaban J connectivity index is 1.42. The van der Waals surface area contributed by atoms with E-state index in [2.05, 4.69) is 21.0 Å². The highest BCUT2D eigenvalue weighted by Gasteiger charge is 2.36. The van der Waals surface area contributed by atoms with Gasteiger partial charge in [-0.2, -0.15) is 10.2 Å². The molecule has 0 radical (unpaired) electrons. The Morgan fingerprint density at radius 3 is 2.67 bits per heavy atom. The van der Waals surface area contributed by atoms with Gasteiger partial charge in [-0.3, -0.25) is 10.00 Å². The number of urea groups is 1. The molecule has 2 aromatic carbocycles. The maximum Gasteiger partial charge on any atom is 0.320 e. The van der Waals surface area contributed by atoms with Gasteiger partial charge in [0.25, 0.3) is 0 Å². The molecule has 9 nitrogen and oxygen atoms in total. The average Bonchev–Trinajstić information content (AvgIpc) is 3.62. The molecule has 39 heavy (non-hydrogen) atoms. The zero-order chi connectivity index (χ0) is 27.5. The van der Waals surface area contributed by atoms with Crippen molar-refractivity contribution in [2.24, 2.45) is 7.05 Å². The van der Waals surface area contributed by atoms with E-state index in [1.165, 1.54) is 12.1 Å². The van der Waals surface area contributed by atoms with Crippen molar-refractivity contribution in [1.82, 2.24) is 30.2 Å². The van der Waals surface area contributed by atoms with Crippen LogP contribution in [0.5, 0.6) is 0 Å². The molecule has 2 amide bonds. The number of nitrogens with one attached hydrogen (secondary N) is 3. The summed E-state index contributed by atoms with van der Waals surface area (Å²) in [6.07, 6.45) is 4.90. The summed E-state index contributed by atoms with van der Waals surface area (Å²) in [5, 5.41) is 18.5. The molecule has 2 aromatic heterocycles. The van der Waals surface area contributed by atoms with Gasteiger partial charge in [0.15, 0.2) is 11.6 Å². The number of nitrogens with zero attached hydrogens (tertiary/aromatic N) is 4. The molecule has 3 heterocycles. The molecular weight excluding hydrogens is 504 g/mol. The molecule has 0 spiro atoms. The molecule has 1 saturated heterocycles. The number of halogens is 2. The molecule has 204 valence electrons. The third-order valence-corrected chi connectivity index (χ3v) is 6.98. The van der Waals surface area contributed by atoms with E-state index in [0.29, 0.717) is 36.5 Å². The van der Waals surface area contributed by atoms with E-state index in [-0.39, 0.29) is 12.1 Å². The minimum atomic E-state index is -0.928. The van der Waals surface area contributed by atoms with Crippen molar-refractivity contribution in [3.05, 3.63) is 83.7 Å². The first-order valence-corrected chi connectivity index (χ1v) is 12.8. The smallest absolute Gasteiger partial charge is 0.320 e. The number of carbonyl (C=O) groups excluding carboxylic acids is 1. The SMILES string of the molecule is COCC[C@@H]1C[C@@H](NC(=O)Nc2c(C)c(-c3cnn(C)c3)nn2-c2ccccc2)C(c2ccc(F)c(F)c2)N1. The van der Waals surface area contributed by atoms with E-state index < -0.39 is 23.7 Å². The van der Waals surface area contributed by atoms with Crippen molar-refractivity contribution in [2.45, 2.75) is 37.9 Å². The maximum absolute atomic E-state index is 14.1. The first-order chi connectivity index (χ1) is 18.8.